The van der Waals surface area contributed by atoms with Crippen LogP contribution in [0.5, 0.6) is 5.75 Å². The number of para-hydroxylation sites is 1. The topological polar surface area (TPSA) is 58.6 Å². The van der Waals surface area contributed by atoms with E-state index in [1.165, 1.54) is 0 Å². The van der Waals surface area contributed by atoms with Gasteiger partial charge < -0.3 is 9.84 Å². The van der Waals surface area contributed by atoms with Crippen molar-refractivity contribution in [2.45, 2.75) is 19.4 Å². The number of hydrogen-bond acceptors (Lipinski definition) is 3. The van der Waals surface area contributed by atoms with Crippen LogP contribution in [-0.2, 0) is 4.79 Å². The Labute approximate surface area is 116 Å². The lowest BCUT2D eigenvalue weighted by atomic mass is 10.1. The average Bonchev–Trinajstić information content (AvgIpc) is 2.27. The molecular formula is C12H15Cl2NO3. The van der Waals surface area contributed by atoms with E-state index in [1.807, 2.05) is 0 Å². The molecule has 0 amide bonds. The average molecular weight is 292 g/mol. The zero-order chi connectivity index (χ0) is 13.8. The van der Waals surface area contributed by atoms with Crippen molar-refractivity contribution >= 4 is 29.2 Å². The van der Waals surface area contributed by atoms with Crippen molar-refractivity contribution in [2.75, 3.05) is 13.2 Å². The van der Waals surface area contributed by atoms with E-state index in [4.69, 9.17) is 33.0 Å². The number of carboxylic acid groups (broad SMARTS) is 1. The van der Waals surface area contributed by atoms with Crippen molar-refractivity contribution in [3.63, 3.8) is 0 Å². The smallest absolute Gasteiger partial charge is 0.323 e. The number of halogens is 2. The van der Waals surface area contributed by atoms with E-state index in [0.717, 1.165) is 0 Å². The van der Waals surface area contributed by atoms with Crippen LogP contribution < -0.4 is 10.1 Å². The minimum absolute atomic E-state index is 0.278. The summed E-state index contributed by atoms with van der Waals surface area (Å²) in [4.78, 5) is 10.8. The van der Waals surface area contributed by atoms with Crippen LogP contribution in [0.4, 0.5) is 0 Å². The van der Waals surface area contributed by atoms with Gasteiger partial charge in [0, 0.05) is 6.54 Å². The Bertz CT molecular complexity index is 415. The maximum Gasteiger partial charge on any atom is 0.323 e. The van der Waals surface area contributed by atoms with E-state index >= 15 is 0 Å². The maximum absolute atomic E-state index is 10.8. The quantitative estimate of drug-likeness (QED) is 0.792. The standard InChI is InChI=1S/C12H15Cl2NO3/c1-12(2,11(16)17)15-6-7-18-10-8(13)4-3-5-9(10)14/h3-5,15H,6-7H2,1-2H3,(H,16,17). The molecule has 100 valence electrons. The Kier molecular flexibility index (Phi) is 5.26. The summed E-state index contributed by atoms with van der Waals surface area (Å²) in [5.41, 5.74) is -0.992. The minimum Gasteiger partial charge on any atom is -0.489 e. The van der Waals surface area contributed by atoms with Gasteiger partial charge in [0.2, 0.25) is 0 Å². The Balaban J connectivity index is 2.46. The molecule has 1 aromatic rings. The van der Waals surface area contributed by atoms with E-state index in [1.54, 1.807) is 32.0 Å². The van der Waals surface area contributed by atoms with Crippen molar-refractivity contribution in [1.29, 1.82) is 0 Å². The second-order valence-corrected chi connectivity index (χ2v) is 5.07. The molecule has 0 aliphatic heterocycles. The summed E-state index contributed by atoms with van der Waals surface area (Å²) < 4.78 is 5.42. The SMILES string of the molecule is CC(C)(NCCOc1c(Cl)cccc1Cl)C(=O)O. The summed E-state index contributed by atoms with van der Waals surface area (Å²) in [5, 5.41) is 12.6. The molecule has 1 rings (SSSR count). The van der Waals surface area contributed by atoms with Crippen LogP contribution in [-0.4, -0.2) is 29.8 Å². The Morgan fingerprint density at radius 3 is 2.44 bits per heavy atom. The van der Waals surface area contributed by atoms with Crippen molar-refractivity contribution in [2.24, 2.45) is 0 Å². The second kappa shape index (κ2) is 6.27. The Morgan fingerprint density at radius 1 is 1.39 bits per heavy atom. The molecule has 0 aromatic heterocycles. The predicted molar refractivity (Wildman–Crippen MR) is 71.7 cm³/mol. The molecule has 0 atom stereocenters. The highest BCUT2D eigenvalue weighted by molar-refractivity contribution is 6.37. The molecule has 0 heterocycles. The third-order valence-electron chi connectivity index (χ3n) is 2.37. The van der Waals surface area contributed by atoms with Gasteiger partial charge in [-0.1, -0.05) is 29.3 Å². The summed E-state index contributed by atoms with van der Waals surface area (Å²) in [7, 11) is 0. The molecule has 0 aliphatic rings. The fraction of sp³-hybridized carbons (Fsp3) is 0.417. The van der Waals surface area contributed by atoms with Crippen molar-refractivity contribution in [3.8, 4) is 5.75 Å². The lowest BCUT2D eigenvalue weighted by Crippen LogP contribution is -2.48. The van der Waals surface area contributed by atoms with Gasteiger partial charge in [-0.15, -0.1) is 0 Å². The maximum atomic E-state index is 10.8. The molecule has 4 nitrogen and oxygen atoms in total. The van der Waals surface area contributed by atoms with Crippen molar-refractivity contribution in [3.05, 3.63) is 28.2 Å². The van der Waals surface area contributed by atoms with Gasteiger partial charge >= 0.3 is 5.97 Å². The highest BCUT2D eigenvalue weighted by Gasteiger charge is 2.25. The number of aliphatic carboxylic acids is 1. The zero-order valence-electron chi connectivity index (χ0n) is 10.2. The van der Waals surface area contributed by atoms with Gasteiger partial charge in [0.1, 0.15) is 12.1 Å². The fourth-order valence-corrected chi connectivity index (χ4v) is 1.72. The number of rotatable bonds is 6. The molecular weight excluding hydrogens is 277 g/mol. The summed E-state index contributed by atoms with van der Waals surface area (Å²) in [5.74, 6) is -0.506. The molecule has 0 fully saturated rings. The van der Waals surface area contributed by atoms with Crippen LogP contribution in [0, 0.1) is 0 Å². The highest BCUT2D eigenvalue weighted by atomic mass is 35.5. The lowest BCUT2D eigenvalue weighted by Gasteiger charge is -2.21. The van der Waals surface area contributed by atoms with E-state index in [2.05, 4.69) is 5.32 Å². The normalized spacial score (nSPS) is 11.3. The second-order valence-electron chi connectivity index (χ2n) is 4.26. The van der Waals surface area contributed by atoms with Gasteiger partial charge in [0.15, 0.2) is 5.75 Å². The summed E-state index contributed by atoms with van der Waals surface area (Å²) in [6.45, 7) is 3.82. The largest absolute Gasteiger partial charge is 0.489 e. The molecule has 0 aliphatic carbocycles. The molecule has 6 heteroatoms. The zero-order valence-corrected chi connectivity index (χ0v) is 11.7. The molecule has 0 saturated carbocycles. The molecule has 1 aromatic carbocycles. The Morgan fingerprint density at radius 2 is 1.94 bits per heavy atom. The molecule has 2 N–H and O–H groups in total. The highest BCUT2D eigenvalue weighted by Crippen LogP contribution is 2.32. The molecule has 0 radical (unpaired) electrons. The van der Waals surface area contributed by atoms with Crippen LogP contribution in [0.2, 0.25) is 10.0 Å². The number of carboxylic acids is 1. The number of hydrogen-bond donors (Lipinski definition) is 2. The van der Waals surface area contributed by atoms with Gasteiger partial charge in [-0.2, -0.15) is 0 Å². The van der Waals surface area contributed by atoms with E-state index < -0.39 is 11.5 Å². The third-order valence-corrected chi connectivity index (χ3v) is 2.96. The molecule has 0 saturated heterocycles. The van der Waals surface area contributed by atoms with Crippen LogP contribution in [0.15, 0.2) is 18.2 Å². The van der Waals surface area contributed by atoms with E-state index in [9.17, 15) is 4.79 Å². The molecule has 0 spiro atoms. The molecule has 0 unspecified atom stereocenters. The van der Waals surface area contributed by atoms with E-state index in [-0.39, 0.29) is 6.61 Å². The van der Waals surface area contributed by atoms with Crippen LogP contribution in [0.1, 0.15) is 13.8 Å². The van der Waals surface area contributed by atoms with Gasteiger partial charge in [-0.25, -0.2) is 0 Å². The van der Waals surface area contributed by atoms with Crippen LogP contribution in [0.25, 0.3) is 0 Å². The van der Waals surface area contributed by atoms with Gasteiger partial charge in [0.25, 0.3) is 0 Å². The van der Waals surface area contributed by atoms with Gasteiger partial charge in [0.05, 0.1) is 10.0 Å². The monoisotopic (exact) mass is 291 g/mol. The first kappa shape index (κ1) is 15.1. The first-order chi connectivity index (χ1) is 8.34. The van der Waals surface area contributed by atoms with Gasteiger partial charge in [-0.05, 0) is 26.0 Å². The van der Waals surface area contributed by atoms with Crippen LogP contribution in [0.3, 0.4) is 0 Å². The molecule has 18 heavy (non-hydrogen) atoms. The third kappa shape index (κ3) is 4.05. The minimum atomic E-state index is -0.992. The Hall–Kier alpha value is -0.970. The number of ether oxygens (including phenoxy) is 1. The molecule has 0 bridgehead atoms. The first-order valence-corrected chi connectivity index (χ1v) is 6.15. The van der Waals surface area contributed by atoms with Gasteiger partial charge in [-0.3, -0.25) is 10.1 Å². The number of nitrogens with one attached hydrogen (secondary N) is 1. The first-order valence-electron chi connectivity index (χ1n) is 5.40. The fourth-order valence-electron chi connectivity index (χ4n) is 1.21. The number of carbonyl (C=O) groups is 1. The van der Waals surface area contributed by atoms with Crippen molar-refractivity contribution < 1.29 is 14.6 Å². The van der Waals surface area contributed by atoms with E-state index in [0.29, 0.717) is 22.3 Å². The van der Waals surface area contributed by atoms with Crippen LogP contribution >= 0.6 is 23.2 Å². The predicted octanol–water partition coefficient (Wildman–Crippen LogP) is 2.83. The summed E-state index contributed by atoms with van der Waals surface area (Å²) >= 11 is 11.8. The lowest BCUT2D eigenvalue weighted by molar-refractivity contribution is -0.143. The number of benzene rings is 1. The summed E-state index contributed by atoms with van der Waals surface area (Å²) in [6, 6.07) is 5.08. The van der Waals surface area contributed by atoms with Crippen molar-refractivity contribution in [1.82, 2.24) is 5.32 Å². The summed E-state index contributed by atoms with van der Waals surface area (Å²) in [6.07, 6.45) is 0.